The fraction of sp³-hybridized carbons (Fsp3) is 0.500. The molecule has 1 aliphatic rings. The SMILES string of the molecule is COC1(C(=O)NCCNC(=O)c2ccc(Cl)cc2)CCNCC1. The molecule has 6 nitrogen and oxygen atoms in total. The number of benzene rings is 1. The molecule has 0 unspecified atom stereocenters. The van der Waals surface area contributed by atoms with Crippen LogP contribution in [-0.4, -0.2) is 50.7 Å². The van der Waals surface area contributed by atoms with Crippen LogP contribution in [0.5, 0.6) is 0 Å². The van der Waals surface area contributed by atoms with E-state index in [2.05, 4.69) is 16.0 Å². The summed E-state index contributed by atoms with van der Waals surface area (Å²) < 4.78 is 5.45. The lowest BCUT2D eigenvalue weighted by Gasteiger charge is -2.34. The molecule has 0 spiro atoms. The van der Waals surface area contributed by atoms with E-state index in [-0.39, 0.29) is 11.8 Å². The van der Waals surface area contributed by atoms with Gasteiger partial charge in [0.05, 0.1) is 0 Å². The van der Waals surface area contributed by atoms with Crippen LogP contribution in [0.15, 0.2) is 24.3 Å². The van der Waals surface area contributed by atoms with Gasteiger partial charge in [0.15, 0.2) is 0 Å². The number of carbonyl (C=O) groups is 2. The fourth-order valence-electron chi connectivity index (χ4n) is 2.57. The standard InChI is InChI=1S/C16H22ClN3O3/c1-23-16(6-8-18-9-7-16)15(22)20-11-10-19-14(21)12-2-4-13(17)5-3-12/h2-5,18H,6-11H2,1H3,(H,19,21)(H,20,22). The molecule has 0 aliphatic carbocycles. The second kappa shape index (κ2) is 8.29. The summed E-state index contributed by atoms with van der Waals surface area (Å²) in [5.41, 5.74) is -0.224. The first-order valence-corrected chi connectivity index (χ1v) is 8.03. The smallest absolute Gasteiger partial charge is 0.252 e. The molecule has 0 radical (unpaired) electrons. The van der Waals surface area contributed by atoms with Gasteiger partial charge >= 0.3 is 0 Å². The molecule has 1 saturated heterocycles. The number of nitrogens with one attached hydrogen (secondary N) is 3. The molecule has 0 aromatic heterocycles. The highest BCUT2D eigenvalue weighted by Crippen LogP contribution is 2.22. The third-order valence-electron chi connectivity index (χ3n) is 4.02. The van der Waals surface area contributed by atoms with Gasteiger partial charge in [0.2, 0.25) is 0 Å². The number of carbonyl (C=O) groups excluding carboxylic acids is 2. The largest absolute Gasteiger partial charge is 0.368 e. The van der Waals surface area contributed by atoms with Gasteiger partial charge in [-0.05, 0) is 50.2 Å². The third kappa shape index (κ3) is 4.67. The van der Waals surface area contributed by atoms with Crippen molar-refractivity contribution in [3.05, 3.63) is 34.9 Å². The summed E-state index contributed by atoms with van der Waals surface area (Å²) in [4.78, 5) is 24.2. The summed E-state index contributed by atoms with van der Waals surface area (Å²) in [6.45, 7) is 2.23. The van der Waals surface area contributed by atoms with Crippen LogP contribution in [0.3, 0.4) is 0 Å². The van der Waals surface area contributed by atoms with E-state index in [0.29, 0.717) is 36.5 Å². The van der Waals surface area contributed by atoms with Crippen molar-refractivity contribution in [1.82, 2.24) is 16.0 Å². The monoisotopic (exact) mass is 339 g/mol. The summed E-state index contributed by atoms with van der Waals surface area (Å²) in [6.07, 6.45) is 1.29. The molecule has 1 aromatic carbocycles. The van der Waals surface area contributed by atoms with Crippen molar-refractivity contribution < 1.29 is 14.3 Å². The number of hydrogen-bond donors (Lipinski definition) is 3. The summed E-state index contributed by atoms with van der Waals surface area (Å²) in [7, 11) is 1.56. The van der Waals surface area contributed by atoms with E-state index in [0.717, 1.165) is 13.1 Å². The summed E-state index contributed by atoms with van der Waals surface area (Å²) in [5, 5.41) is 9.38. The Morgan fingerprint density at radius 1 is 1.17 bits per heavy atom. The lowest BCUT2D eigenvalue weighted by atomic mass is 9.91. The number of piperidine rings is 1. The molecule has 0 saturated carbocycles. The zero-order valence-corrected chi connectivity index (χ0v) is 13.9. The Kier molecular flexibility index (Phi) is 6.38. The van der Waals surface area contributed by atoms with E-state index in [1.54, 1.807) is 31.4 Å². The normalized spacial score (nSPS) is 16.6. The van der Waals surface area contributed by atoms with E-state index >= 15 is 0 Å². The van der Waals surface area contributed by atoms with Gasteiger partial charge in [-0.25, -0.2) is 0 Å². The van der Waals surface area contributed by atoms with Crippen LogP contribution in [0, 0.1) is 0 Å². The minimum Gasteiger partial charge on any atom is -0.368 e. The average molecular weight is 340 g/mol. The first-order valence-electron chi connectivity index (χ1n) is 7.65. The summed E-state index contributed by atoms with van der Waals surface area (Å²) >= 11 is 5.78. The first-order chi connectivity index (χ1) is 11.1. The molecule has 0 bridgehead atoms. The summed E-state index contributed by atoms with van der Waals surface area (Å²) in [5.74, 6) is -0.318. The molecule has 2 amide bonds. The Hall–Kier alpha value is -1.63. The maximum absolute atomic E-state index is 12.3. The Bertz CT molecular complexity index is 542. The number of rotatable bonds is 6. The van der Waals surface area contributed by atoms with Crippen LogP contribution in [0.1, 0.15) is 23.2 Å². The number of methoxy groups -OCH3 is 1. The summed E-state index contributed by atoms with van der Waals surface area (Å²) in [6, 6.07) is 6.64. The van der Waals surface area contributed by atoms with Gasteiger partial charge in [-0.2, -0.15) is 0 Å². The molecule has 1 fully saturated rings. The van der Waals surface area contributed by atoms with Gasteiger partial charge in [-0.15, -0.1) is 0 Å². The van der Waals surface area contributed by atoms with Crippen molar-refractivity contribution >= 4 is 23.4 Å². The number of amides is 2. The predicted octanol–water partition coefficient (Wildman–Crippen LogP) is 0.955. The highest BCUT2D eigenvalue weighted by molar-refractivity contribution is 6.30. The van der Waals surface area contributed by atoms with E-state index in [4.69, 9.17) is 16.3 Å². The van der Waals surface area contributed by atoms with Gasteiger partial charge in [0.25, 0.3) is 11.8 Å². The molecule has 2 rings (SSSR count). The minimum absolute atomic E-state index is 0.123. The van der Waals surface area contributed by atoms with E-state index < -0.39 is 5.60 Å². The molecular weight excluding hydrogens is 318 g/mol. The Morgan fingerprint density at radius 3 is 2.39 bits per heavy atom. The lowest BCUT2D eigenvalue weighted by molar-refractivity contribution is -0.146. The first kappa shape index (κ1) is 17.7. The zero-order chi connectivity index (χ0) is 16.7. The molecular formula is C16H22ClN3O3. The van der Waals surface area contributed by atoms with Gasteiger partial charge in [0, 0.05) is 30.8 Å². The van der Waals surface area contributed by atoms with Crippen LogP contribution in [0.25, 0.3) is 0 Å². The molecule has 0 atom stereocenters. The van der Waals surface area contributed by atoms with Crippen molar-refractivity contribution in [3.63, 3.8) is 0 Å². The molecule has 3 N–H and O–H groups in total. The molecule has 23 heavy (non-hydrogen) atoms. The van der Waals surface area contributed by atoms with Crippen LogP contribution in [0.2, 0.25) is 5.02 Å². The Morgan fingerprint density at radius 2 is 1.78 bits per heavy atom. The average Bonchev–Trinajstić information content (AvgIpc) is 2.59. The minimum atomic E-state index is -0.758. The second-order valence-electron chi connectivity index (χ2n) is 5.47. The number of hydrogen-bond acceptors (Lipinski definition) is 4. The maximum Gasteiger partial charge on any atom is 0.252 e. The topological polar surface area (TPSA) is 79.5 Å². The predicted molar refractivity (Wildman–Crippen MR) is 88.6 cm³/mol. The highest BCUT2D eigenvalue weighted by Gasteiger charge is 2.39. The van der Waals surface area contributed by atoms with Crippen molar-refractivity contribution in [2.75, 3.05) is 33.3 Å². The van der Waals surface area contributed by atoms with E-state index in [9.17, 15) is 9.59 Å². The third-order valence-corrected chi connectivity index (χ3v) is 4.27. The number of ether oxygens (including phenoxy) is 1. The fourth-order valence-corrected chi connectivity index (χ4v) is 2.70. The van der Waals surface area contributed by atoms with Gasteiger partial charge in [-0.3, -0.25) is 9.59 Å². The Labute approximate surface area is 140 Å². The van der Waals surface area contributed by atoms with E-state index in [1.165, 1.54) is 0 Å². The quantitative estimate of drug-likeness (QED) is 0.674. The van der Waals surface area contributed by atoms with Crippen molar-refractivity contribution in [1.29, 1.82) is 0 Å². The zero-order valence-electron chi connectivity index (χ0n) is 13.2. The molecule has 1 aromatic rings. The van der Waals surface area contributed by atoms with Crippen molar-refractivity contribution in [2.45, 2.75) is 18.4 Å². The molecule has 1 heterocycles. The maximum atomic E-state index is 12.3. The molecule has 7 heteroatoms. The van der Waals surface area contributed by atoms with E-state index in [1.807, 2.05) is 0 Å². The van der Waals surface area contributed by atoms with Gasteiger partial charge in [-0.1, -0.05) is 11.6 Å². The van der Waals surface area contributed by atoms with Crippen LogP contribution >= 0.6 is 11.6 Å². The lowest BCUT2D eigenvalue weighted by Crippen LogP contribution is -2.54. The second-order valence-corrected chi connectivity index (χ2v) is 5.90. The van der Waals surface area contributed by atoms with Gasteiger partial charge in [0.1, 0.15) is 5.60 Å². The Balaban J connectivity index is 1.75. The van der Waals surface area contributed by atoms with Crippen molar-refractivity contribution in [2.24, 2.45) is 0 Å². The van der Waals surface area contributed by atoms with Crippen LogP contribution < -0.4 is 16.0 Å². The van der Waals surface area contributed by atoms with Crippen molar-refractivity contribution in [3.8, 4) is 0 Å². The van der Waals surface area contributed by atoms with Crippen LogP contribution in [-0.2, 0) is 9.53 Å². The number of halogens is 1. The molecule has 126 valence electrons. The highest BCUT2D eigenvalue weighted by atomic mass is 35.5. The van der Waals surface area contributed by atoms with Crippen LogP contribution in [0.4, 0.5) is 0 Å². The molecule has 1 aliphatic heterocycles. The van der Waals surface area contributed by atoms with Gasteiger partial charge < -0.3 is 20.7 Å².